The van der Waals surface area contributed by atoms with Crippen LogP contribution < -0.4 is 0 Å². The second-order valence-corrected chi connectivity index (χ2v) is 7.27. The topological polar surface area (TPSA) is 74.6 Å². The highest BCUT2D eigenvalue weighted by Gasteiger charge is 2.53. The molecule has 0 fully saturated rings. The minimum Gasteiger partial charge on any atom is -0.481 e. The van der Waals surface area contributed by atoms with E-state index in [1.54, 1.807) is 0 Å². The number of aliphatic carboxylic acids is 2. The van der Waals surface area contributed by atoms with E-state index in [0.717, 1.165) is 64.2 Å². The number of carbonyl (C=O) groups is 2. The van der Waals surface area contributed by atoms with Crippen molar-refractivity contribution in [2.24, 2.45) is 10.8 Å². The maximum atomic E-state index is 12.4. The molecular formula is C20H38O4. The summed E-state index contributed by atoms with van der Waals surface area (Å²) in [5.74, 6) is -1.41. The van der Waals surface area contributed by atoms with Gasteiger partial charge in [0.25, 0.3) is 0 Å². The summed E-state index contributed by atoms with van der Waals surface area (Å²) in [6, 6.07) is 0. The zero-order valence-electron chi connectivity index (χ0n) is 16.2. The fourth-order valence-corrected chi connectivity index (χ4v) is 4.74. The van der Waals surface area contributed by atoms with Crippen LogP contribution in [0.2, 0.25) is 0 Å². The Labute approximate surface area is 148 Å². The fourth-order valence-electron chi connectivity index (χ4n) is 4.74. The Balaban J connectivity index is 5.69. The number of hydrogen-bond acceptors (Lipinski definition) is 2. The van der Waals surface area contributed by atoms with Crippen LogP contribution in [0.15, 0.2) is 0 Å². The van der Waals surface area contributed by atoms with E-state index in [2.05, 4.69) is 27.7 Å². The van der Waals surface area contributed by atoms with Gasteiger partial charge >= 0.3 is 11.9 Å². The van der Waals surface area contributed by atoms with Crippen molar-refractivity contribution in [3.63, 3.8) is 0 Å². The predicted molar refractivity (Wildman–Crippen MR) is 98.2 cm³/mol. The normalized spacial score (nSPS) is 12.3. The first-order valence-electron chi connectivity index (χ1n) is 9.81. The monoisotopic (exact) mass is 342 g/mol. The van der Waals surface area contributed by atoms with Gasteiger partial charge in [0.2, 0.25) is 0 Å². The van der Waals surface area contributed by atoms with Crippen LogP contribution in [0.4, 0.5) is 0 Å². The molecule has 0 heterocycles. The molecule has 0 amide bonds. The Bertz CT molecular complexity index is 364. The first kappa shape index (κ1) is 22.9. The van der Waals surface area contributed by atoms with Crippen LogP contribution in [0.25, 0.3) is 0 Å². The summed E-state index contributed by atoms with van der Waals surface area (Å²) in [5.41, 5.74) is -0.890. The van der Waals surface area contributed by atoms with Crippen LogP contribution in [0.1, 0.15) is 105 Å². The van der Waals surface area contributed by atoms with E-state index in [-0.39, 0.29) is 11.8 Å². The Morgan fingerprint density at radius 3 is 1.50 bits per heavy atom. The molecule has 142 valence electrons. The lowest BCUT2D eigenvalue weighted by atomic mass is 9.53. The second kappa shape index (κ2) is 11.5. The van der Waals surface area contributed by atoms with Crippen molar-refractivity contribution in [2.45, 2.75) is 105 Å². The molecule has 0 aromatic rings. The Kier molecular flexibility index (Phi) is 11.0. The van der Waals surface area contributed by atoms with Crippen LogP contribution >= 0.6 is 0 Å². The molecule has 2 N–H and O–H groups in total. The van der Waals surface area contributed by atoms with Crippen LogP contribution in [-0.4, -0.2) is 22.2 Å². The van der Waals surface area contributed by atoms with Crippen molar-refractivity contribution in [1.29, 1.82) is 0 Å². The third kappa shape index (κ3) is 5.78. The quantitative estimate of drug-likeness (QED) is 0.364. The first-order chi connectivity index (χ1) is 11.4. The summed E-state index contributed by atoms with van der Waals surface area (Å²) in [5, 5.41) is 19.1. The average molecular weight is 343 g/mol. The molecule has 0 rings (SSSR count). The standard InChI is InChI=1S/C20H38O4/c1-5-12-19(13-6-2,16-10-9-11-17(21)22)20(14-7-3,15-8-4)18(23)24/h5-16H2,1-4H3,(H,21,22)(H,23,24). The van der Waals surface area contributed by atoms with Crippen molar-refractivity contribution >= 4 is 11.9 Å². The van der Waals surface area contributed by atoms with Gasteiger partial charge in [-0.05, 0) is 43.9 Å². The maximum Gasteiger partial charge on any atom is 0.310 e. The van der Waals surface area contributed by atoms with E-state index in [0.29, 0.717) is 6.42 Å². The summed E-state index contributed by atoms with van der Waals surface area (Å²) in [7, 11) is 0. The molecule has 0 aromatic carbocycles. The number of carboxylic acid groups (broad SMARTS) is 2. The summed E-state index contributed by atoms with van der Waals surface area (Å²) < 4.78 is 0. The number of carboxylic acids is 2. The molecule has 0 saturated carbocycles. The van der Waals surface area contributed by atoms with Gasteiger partial charge in [-0.1, -0.05) is 59.8 Å². The highest BCUT2D eigenvalue weighted by molar-refractivity contribution is 5.76. The smallest absolute Gasteiger partial charge is 0.310 e. The molecule has 0 aromatic heterocycles. The molecule has 4 nitrogen and oxygen atoms in total. The number of hydrogen-bond donors (Lipinski definition) is 2. The van der Waals surface area contributed by atoms with Crippen LogP contribution in [-0.2, 0) is 9.59 Å². The van der Waals surface area contributed by atoms with Gasteiger partial charge in [0.15, 0.2) is 0 Å². The molecule has 24 heavy (non-hydrogen) atoms. The lowest BCUT2D eigenvalue weighted by Crippen LogP contribution is -2.48. The van der Waals surface area contributed by atoms with Gasteiger partial charge < -0.3 is 10.2 Å². The van der Waals surface area contributed by atoms with Crippen molar-refractivity contribution in [2.75, 3.05) is 0 Å². The van der Waals surface area contributed by atoms with Crippen molar-refractivity contribution in [3.8, 4) is 0 Å². The van der Waals surface area contributed by atoms with Crippen LogP contribution in [0.5, 0.6) is 0 Å². The van der Waals surface area contributed by atoms with Crippen molar-refractivity contribution in [1.82, 2.24) is 0 Å². The Hall–Kier alpha value is -1.06. The largest absolute Gasteiger partial charge is 0.481 e. The molecule has 0 aliphatic heterocycles. The zero-order chi connectivity index (χ0) is 18.6. The van der Waals surface area contributed by atoms with Crippen LogP contribution in [0.3, 0.4) is 0 Å². The van der Waals surface area contributed by atoms with Gasteiger partial charge in [-0.25, -0.2) is 0 Å². The van der Waals surface area contributed by atoms with Crippen molar-refractivity contribution < 1.29 is 19.8 Å². The molecular weight excluding hydrogens is 304 g/mol. The van der Waals surface area contributed by atoms with Gasteiger partial charge in [0.1, 0.15) is 0 Å². The lowest BCUT2D eigenvalue weighted by Gasteiger charge is -2.49. The summed E-state index contributed by atoms with van der Waals surface area (Å²) in [6.07, 6.45) is 9.40. The lowest BCUT2D eigenvalue weighted by molar-refractivity contribution is -0.163. The minimum atomic E-state index is -0.766. The van der Waals surface area contributed by atoms with E-state index in [9.17, 15) is 14.7 Å². The molecule has 4 heteroatoms. The van der Waals surface area contributed by atoms with Gasteiger partial charge in [-0.3, -0.25) is 9.59 Å². The average Bonchev–Trinajstić information content (AvgIpc) is 2.51. The molecule has 0 saturated heterocycles. The number of unbranched alkanes of at least 4 members (excludes halogenated alkanes) is 1. The molecule has 0 radical (unpaired) electrons. The molecule has 0 atom stereocenters. The molecule has 0 bridgehead atoms. The molecule has 0 spiro atoms. The number of rotatable bonds is 15. The summed E-state index contributed by atoms with van der Waals surface area (Å²) in [6.45, 7) is 8.40. The van der Waals surface area contributed by atoms with Gasteiger partial charge in [0, 0.05) is 6.42 Å². The second-order valence-electron chi connectivity index (χ2n) is 7.27. The van der Waals surface area contributed by atoms with E-state index in [1.807, 2.05) is 0 Å². The molecule has 0 aliphatic rings. The third-order valence-corrected chi connectivity index (χ3v) is 5.53. The van der Waals surface area contributed by atoms with E-state index in [1.165, 1.54) is 0 Å². The van der Waals surface area contributed by atoms with E-state index in [4.69, 9.17) is 5.11 Å². The molecule has 0 unspecified atom stereocenters. The predicted octanol–water partition coefficient (Wildman–Crippen LogP) is 5.89. The summed E-state index contributed by atoms with van der Waals surface area (Å²) >= 11 is 0. The third-order valence-electron chi connectivity index (χ3n) is 5.53. The highest BCUT2D eigenvalue weighted by Crippen LogP contribution is 2.55. The highest BCUT2D eigenvalue weighted by atomic mass is 16.4. The van der Waals surface area contributed by atoms with Gasteiger partial charge in [-0.15, -0.1) is 0 Å². The van der Waals surface area contributed by atoms with Crippen LogP contribution in [0, 0.1) is 10.8 Å². The Morgan fingerprint density at radius 2 is 1.17 bits per heavy atom. The molecule has 0 aliphatic carbocycles. The van der Waals surface area contributed by atoms with Gasteiger partial charge in [0.05, 0.1) is 5.41 Å². The Morgan fingerprint density at radius 1 is 0.708 bits per heavy atom. The first-order valence-corrected chi connectivity index (χ1v) is 9.81. The van der Waals surface area contributed by atoms with Gasteiger partial charge in [-0.2, -0.15) is 0 Å². The maximum absolute atomic E-state index is 12.4. The minimum absolute atomic E-state index is 0.177. The SMILES string of the molecule is CCCC(CCC)(CCCCC(=O)O)C(CCC)(CCC)C(=O)O. The van der Waals surface area contributed by atoms with E-state index >= 15 is 0 Å². The van der Waals surface area contributed by atoms with Crippen molar-refractivity contribution in [3.05, 3.63) is 0 Å². The zero-order valence-corrected chi connectivity index (χ0v) is 16.2. The van der Waals surface area contributed by atoms with E-state index < -0.39 is 17.4 Å². The summed E-state index contributed by atoms with van der Waals surface area (Å²) in [4.78, 5) is 23.2. The fraction of sp³-hybridized carbons (Fsp3) is 0.900.